The number of H-pyrrole nitrogens is 1. The topological polar surface area (TPSA) is 115 Å². The van der Waals surface area contributed by atoms with Crippen LogP contribution in [0.2, 0.25) is 0 Å². The van der Waals surface area contributed by atoms with Gasteiger partial charge in [0.2, 0.25) is 0 Å². The maximum Gasteiger partial charge on any atom is 0.284 e. The maximum absolute atomic E-state index is 12.9. The van der Waals surface area contributed by atoms with Crippen molar-refractivity contribution in [3.63, 3.8) is 0 Å². The SMILES string of the molecule is Cc1nnc(Sc2ccc(-c3nc4sc5c(c4c(=O)[nH]3)CCCCC5)cc2[N+](=O)[O-])s1. The molecule has 31 heavy (non-hydrogen) atoms. The van der Waals surface area contributed by atoms with E-state index in [9.17, 15) is 14.9 Å². The summed E-state index contributed by atoms with van der Waals surface area (Å²) in [4.78, 5) is 34.1. The summed E-state index contributed by atoms with van der Waals surface area (Å²) in [6.45, 7) is 1.83. The van der Waals surface area contributed by atoms with Crippen LogP contribution in [0.15, 0.2) is 32.2 Å². The van der Waals surface area contributed by atoms with Gasteiger partial charge in [-0.15, -0.1) is 21.5 Å². The van der Waals surface area contributed by atoms with E-state index in [1.54, 1.807) is 23.5 Å². The summed E-state index contributed by atoms with van der Waals surface area (Å²) in [6.07, 6.45) is 5.27. The quantitative estimate of drug-likeness (QED) is 0.249. The molecule has 0 amide bonds. The summed E-state index contributed by atoms with van der Waals surface area (Å²) in [5.41, 5.74) is 1.40. The minimum Gasteiger partial charge on any atom is -0.306 e. The summed E-state index contributed by atoms with van der Waals surface area (Å²) in [6, 6.07) is 4.87. The van der Waals surface area contributed by atoms with Gasteiger partial charge in [0.15, 0.2) is 4.34 Å². The summed E-state index contributed by atoms with van der Waals surface area (Å²) in [5, 5.41) is 21.2. The van der Waals surface area contributed by atoms with Crippen LogP contribution in [0.3, 0.4) is 0 Å². The molecule has 3 aromatic heterocycles. The zero-order valence-electron chi connectivity index (χ0n) is 16.5. The number of nitro benzene ring substituents is 1. The Hall–Kier alpha value is -2.63. The molecule has 0 saturated heterocycles. The van der Waals surface area contributed by atoms with Gasteiger partial charge >= 0.3 is 0 Å². The van der Waals surface area contributed by atoms with E-state index in [4.69, 9.17) is 0 Å². The van der Waals surface area contributed by atoms with Crippen LogP contribution in [0.25, 0.3) is 21.6 Å². The van der Waals surface area contributed by atoms with Gasteiger partial charge in [0, 0.05) is 16.5 Å². The molecule has 1 aromatic carbocycles. The summed E-state index contributed by atoms with van der Waals surface area (Å²) >= 11 is 4.16. The fourth-order valence-electron chi connectivity index (χ4n) is 3.78. The van der Waals surface area contributed by atoms with Crippen LogP contribution in [0.5, 0.6) is 0 Å². The number of hydrogen-bond acceptors (Lipinski definition) is 9. The fraction of sp³-hybridized carbons (Fsp3) is 0.300. The second kappa shape index (κ2) is 8.13. The summed E-state index contributed by atoms with van der Waals surface area (Å²) < 4.78 is 0.640. The van der Waals surface area contributed by atoms with Crippen molar-refractivity contribution in [2.24, 2.45) is 0 Å². The van der Waals surface area contributed by atoms with E-state index in [-0.39, 0.29) is 11.2 Å². The van der Waals surface area contributed by atoms with Crippen molar-refractivity contribution in [3.05, 3.63) is 54.1 Å². The molecule has 0 atom stereocenters. The van der Waals surface area contributed by atoms with Crippen LogP contribution in [-0.2, 0) is 12.8 Å². The Bertz CT molecular complexity index is 1370. The average Bonchev–Trinajstić information content (AvgIpc) is 3.23. The normalized spacial score (nSPS) is 13.8. The maximum atomic E-state index is 12.9. The van der Waals surface area contributed by atoms with Gasteiger partial charge in [0.1, 0.15) is 15.7 Å². The number of benzene rings is 1. The van der Waals surface area contributed by atoms with Crippen molar-refractivity contribution in [1.29, 1.82) is 0 Å². The Kier molecular flexibility index (Phi) is 5.32. The van der Waals surface area contributed by atoms with Crippen molar-refractivity contribution >= 4 is 50.3 Å². The minimum atomic E-state index is -0.427. The van der Waals surface area contributed by atoms with Crippen molar-refractivity contribution in [2.45, 2.75) is 48.3 Å². The molecule has 4 aromatic rings. The lowest BCUT2D eigenvalue weighted by Gasteiger charge is -2.05. The number of nitro groups is 1. The van der Waals surface area contributed by atoms with Crippen LogP contribution in [0, 0.1) is 17.0 Å². The lowest BCUT2D eigenvalue weighted by Crippen LogP contribution is -2.10. The number of aromatic amines is 1. The third-order valence-corrected chi connectivity index (χ3v) is 8.35. The van der Waals surface area contributed by atoms with E-state index in [0.717, 1.165) is 36.3 Å². The lowest BCUT2D eigenvalue weighted by molar-refractivity contribution is -0.387. The Morgan fingerprint density at radius 1 is 1.16 bits per heavy atom. The summed E-state index contributed by atoms with van der Waals surface area (Å²) in [5.74, 6) is 0.348. The molecule has 1 N–H and O–H groups in total. The van der Waals surface area contributed by atoms with Gasteiger partial charge in [0.05, 0.1) is 15.2 Å². The molecule has 0 radical (unpaired) electrons. The Labute approximate surface area is 188 Å². The molecule has 8 nitrogen and oxygen atoms in total. The molecular formula is C20H17N5O3S3. The van der Waals surface area contributed by atoms with Crippen LogP contribution >= 0.6 is 34.4 Å². The number of aryl methyl sites for hydroxylation is 3. The first kappa shape index (κ1) is 20.3. The molecule has 11 heteroatoms. The Balaban J connectivity index is 1.57. The van der Waals surface area contributed by atoms with Gasteiger partial charge in [-0.25, -0.2) is 4.98 Å². The van der Waals surface area contributed by atoms with Gasteiger partial charge in [0.25, 0.3) is 11.2 Å². The monoisotopic (exact) mass is 471 g/mol. The smallest absolute Gasteiger partial charge is 0.284 e. The van der Waals surface area contributed by atoms with E-state index in [2.05, 4.69) is 20.2 Å². The first-order valence-electron chi connectivity index (χ1n) is 9.81. The van der Waals surface area contributed by atoms with Gasteiger partial charge in [-0.1, -0.05) is 29.5 Å². The van der Waals surface area contributed by atoms with E-state index in [1.807, 2.05) is 6.92 Å². The van der Waals surface area contributed by atoms with Crippen molar-refractivity contribution < 1.29 is 4.92 Å². The van der Waals surface area contributed by atoms with Crippen molar-refractivity contribution in [3.8, 4) is 11.4 Å². The number of nitrogens with one attached hydrogen (secondary N) is 1. The second-order valence-electron chi connectivity index (χ2n) is 7.29. The second-order valence-corrected chi connectivity index (χ2v) is 10.8. The largest absolute Gasteiger partial charge is 0.306 e. The minimum absolute atomic E-state index is 0.0555. The first-order valence-corrected chi connectivity index (χ1v) is 12.3. The number of rotatable bonds is 4. The molecule has 5 rings (SSSR count). The Morgan fingerprint density at radius 2 is 2.00 bits per heavy atom. The molecule has 0 bridgehead atoms. The van der Waals surface area contributed by atoms with E-state index < -0.39 is 4.92 Å². The molecule has 0 fully saturated rings. The van der Waals surface area contributed by atoms with Crippen molar-refractivity contribution in [2.75, 3.05) is 0 Å². The third-order valence-electron chi connectivity index (χ3n) is 5.21. The molecule has 3 heterocycles. The molecular weight excluding hydrogens is 454 g/mol. The molecule has 158 valence electrons. The highest BCUT2D eigenvalue weighted by Crippen LogP contribution is 2.38. The zero-order valence-corrected chi connectivity index (χ0v) is 19.0. The van der Waals surface area contributed by atoms with Crippen molar-refractivity contribution in [1.82, 2.24) is 20.2 Å². The molecule has 1 aliphatic carbocycles. The predicted molar refractivity (Wildman–Crippen MR) is 122 cm³/mol. The number of fused-ring (bicyclic) bond motifs is 3. The molecule has 1 aliphatic rings. The molecule has 0 saturated carbocycles. The summed E-state index contributed by atoms with van der Waals surface area (Å²) in [7, 11) is 0. The Morgan fingerprint density at radius 3 is 2.77 bits per heavy atom. The number of aromatic nitrogens is 4. The fourth-order valence-corrected chi connectivity index (χ4v) is 6.90. The third kappa shape index (κ3) is 3.88. The predicted octanol–water partition coefficient (Wildman–Crippen LogP) is 5.14. The van der Waals surface area contributed by atoms with E-state index >= 15 is 0 Å². The van der Waals surface area contributed by atoms with E-state index in [1.165, 1.54) is 40.5 Å². The standard InChI is InChI=1S/C20H17N5O3S3/c1-10-23-24-20(29-10)31-15-8-7-11(9-13(15)25(27)28)17-21-18(26)16-12-5-3-2-4-6-14(12)30-19(16)22-17/h7-9H,2-6H2,1H3,(H,21,22,26). The highest BCUT2D eigenvalue weighted by molar-refractivity contribution is 8.01. The molecule has 0 unspecified atom stereocenters. The number of hydrogen-bond donors (Lipinski definition) is 1. The van der Waals surface area contributed by atoms with Crippen LogP contribution < -0.4 is 5.56 Å². The average molecular weight is 472 g/mol. The number of thiophene rings is 1. The molecule has 0 aliphatic heterocycles. The highest BCUT2D eigenvalue weighted by atomic mass is 32.2. The van der Waals surface area contributed by atoms with Crippen LogP contribution in [0.1, 0.15) is 34.7 Å². The zero-order chi connectivity index (χ0) is 21.5. The number of nitrogens with zero attached hydrogens (tertiary/aromatic N) is 4. The van der Waals surface area contributed by atoms with Gasteiger partial charge in [-0.2, -0.15) is 0 Å². The van der Waals surface area contributed by atoms with Crippen LogP contribution in [-0.4, -0.2) is 25.1 Å². The van der Waals surface area contributed by atoms with E-state index in [0.29, 0.717) is 30.8 Å². The van der Waals surface area contributed by atoms with Gasteiger partial charge < -0.3 is 4.98 Å². The highest BCUT2D eigenvalue weighted by Gasteiger charge is 2.22. The molecule has 0 spiro atoms. The lowest BCUT2D eigenvalue weighted by atomic mass is 10.1. The van der Waals surface area contributed by atoms with Crippen LogP contribution in [0.4, 0.5) is 5.69 Å². The van der Waals surface area contributed by atoms with Gasteiger partial charge in [-0.3, -0.25) is 14.9 Å². The first-order chi connectivity index (χ1) is 15.0. The van der Waals surface area contributed by atoms with Gasteiger partial charge in [-0.05, 0) is 50.3 Å².